The van der Waals surface area contributed by atoms with Gasteiger partial charge in [0.1, 0.15) is 0 Å². The van der Waals surface area contributed by atoms with E-state index in [4.69, 9.17) is 5.26 Å². The Bertz CT molecular complexity index is 959. The summed E-state index contributed by atoms with van der Waals surface area (Å²) in [4.78, 5) is 16.1. The molecule has 1 heterocycles. The van der Waals surface area contributed by atoms with Crippen LogP contribution >= 0.6 is 0 Å². The fraction of sp³-hybridized carbons (Fsp3) is 0.318. The van der Waals surface area contributed by atoms with Crippen molar-refractivity contribution in [1.29, 1.82) is 5.26 Å². The van der Waals surface area contributed by atoms with Crippen molar-refractivity contribution in [3.8, 4) is 17.5 Å². The number of hydrogen-bond donors (Lipinski definition) is 0. The molecule has 3 aromatic rings. The minimum atomic E-state index is 0.111. The molecule has 0 saturated heterocycles. The molecule has 0 unspecified atom stereocenters. The van der Waals surface area contributed by atoms with E-state index in [1.165, 1.54) is 0 Å². The van der Waals surface area contributed by atoms with Gasteiger partial charge in [-0.1, -0.05) is 49.4 Å². The molecule has 1 amide bonds. The molecular formula is C22H24N6O. The van der Waals surface area contributed by atoms with Crippen molar-refractivity contribution in [2.24, 2.45) is 0 Å². The van der Waals surface area contributed by atoms with Crippen LogP contribution in [0.3, 0.4) is 0 Å². The summed E-state index contributed by atoms with van der Waals surface area (Å²) < 4.78 is 0. The maximum Gasteiger partial charge on any atom is 0.222 e. The molecule has 0 atom stereocenters. The van der Waals surface area contributed by atoms with Crippen LogP contribution in [0.5, 0.6) is 0 Å². The van der Waals surface area contributed by atoms with Gasteiger partial charge in [0.15, 0.2) is 0 Å². The molecule has 0 N–H and O–H groups in total. The predicted molar refractivity (Wildman–Crippen MR) is 109 cm³/mol. The lowest BCUT2D eigenvalue weighted by Crippen LogP contribution is -2.31. The minimum absolute atomic E-state index is 0.111. The van der Waals surface area contributed by atoms with Crippen LogP contribution in [0.4, 0.5) is 0 Å². The predicted octanol–water partition coefficient (Wildman–Crippen LogP) is 3.43. The first-order chi connectivity index (χ1) is 14.2. The van der Waals surface area contributed by atoms with Gasteiger partial charge < -0.3 is 4.90 Å². The van der Waals surface area contributed by atoms with Gasteiger partial charge >= 0.3 is 0 Å². The number of aromatic nitrogens is 4. The van der Waals surface area contributed by atoms with Crippen molar-refractivity contribution in [3.05, 3.63) is 65.7 Å². The molecule has 0 bridgehead atoms. The Morgan fingerprint density at radius 3 is 2.59 bits per heavy atom. The second kappa shape index (κ2) is 10.1. The lowest BCUT2D eigenvalue weighted by Gasteiger charge is -2.22. The SMILES string of the molecule is CCCN(Cc1ccc(C#N)cc1)C(=O)CCCn1nnc(-c2ccccc2)n1. The first-order valence-electron chi connectivity index (χ1n) is 9.79. The number of tetrazole rings is 1. The van der Waals surface area contributed by atoms with Crippen molar-refractivity contribution < 1.29 is 4.79 Å². The van der Waals surface area contributed by atoms with Gasteiger partial charge in [-0.3, -0.25) is 4.79 Å². The molecule has 0 aliphatic carbocycles. The van der Waals surface area contributed by atoms with Crippen molar-refractivity contribution in [2.75, 3.05) is 6.54 Å². The summed E-state index contributed by atoms with van der Waals surface area (Å²) >= 11 is 0. The molecule has 7 heteroatoms. The Morgan fingerprint density at radius 2 is 1.90 bits per heavy atom. The quantitative estimate of drug-likeness (QED) is 0.560. The van der Waals surface area contributed by atoms with Crippen molar-refractivity contribution >= 4 is 5.91 Å². The summed E-state index contributed by atoms with van der Waals surface area (Å²) in [6.07, 6.45) is 1.97. The van der Waals surface area contributed by atoms with E-state index in [0.29, 0.717) is 43.9 Å². The van der Waals surface area contributed by atoms with Crippen molar-refractivity contribution in [2.45, 2.75) is 39.3 Å². The molecule has 0 saturated carbocycles. The van der Waals surface area contributed by atoms with Crippen LogP contribution in [0, 0.1) is 11.3 Å². The molecule has 0 radical (unpaired) electrons. The summed E-state index contributed by atoms with van der Waals surface area (Å²) in [7, 11) is 0. The number of carbonyl (C=O) groups is 1. The highest BCUT2D eigenvalue weighted by Gasteiger charge is 2.14. The van der Waals surface area contributed by atoms with Crippen molar-refractivity contribution in [1.82, 2.24) is 25.1 Å². The lowest BCUT2D eigenvalue weighted by molar-refractivity contribution is -0.132. The summed E-state index contributed by atoms with van der Waals surface area (Å²) in [6, 6.07) is 19.2. The zero-order valence-electron chi connectivity index (χ0n) is 16.5. The standard InChI is InChI=1S/C22H24N6O/c1-2-14-27(17-19-12-10-18(16-23)11-13-19)21(29)9-6-15-28-25-22(24-26-28)20-7-4-3-5-8-20/h3-5,7-8,10-13H,2,6,9,14-15,17H2,1H3. The number of nitriles is 1. The Labute approximate surface area is 170 Å². The van der Waals surface area contributed by atoms with E-state index >= 15 is 0 Å². The van der Waals surface area contributed by atoms with E-state index < -0.39 is 0 Å². The highest BCUT2D eigenvalue weighted by molar-refractivity contribution is 5.76. The Kier molecular flexibility index (Phi) is 7.06. The molecule has 0 aliphatic rings. The van der Waals surface area contributed by atoms with Gasteiger partial charge in [0.05, 0.1) is 18.2 Å². The van der Waals surface area contributed by atoms with Gasteiger partial charge in [-0.2, -0.15) is 10.1 Å². The second-order valence-electron chi connectivity index (χ2n) is 6.80. The van der Waals surface area contributed by atoms with Crippen LogP contribution in [-0.2, 0) is 17.9 Å². The van der Waals surface area contributed by atoms with E-state index in [2.05, 4.69) is 28.4 Å². The first kappa shape index (κ1) is 20.2. The average molecular weight is 388 g/mol. The summed E-state index contributed by atoms with van der Waals surface area (Å²) in [5, 5.41) is 21.5. The summed E-state index contributed by atoms with van der Waals surface area (Å²) in [6.45, 7) is 3.86. The molecule has 7 nitrogen and oxygen atoms in total. The van der Waals surface area contributed by atoms with Crippen LogP contribution in [0.25, 0.3) is 11.4 Å². The van der Waals surface area contributed by atoms with Crippen LogP contribution in [0.2, 0.25) is 0 Å². The Hall–Kier alpha value is -3.53. The summed E-state index contributed by atoms with van der Waals surface area (Å²) in [5.41, 5.74) is 2.57. The molecule has 29 heavy (non-hydrogen) atoms. The molecule has 2 aromatic carbocycles. The number of benzene rings is 2. The van der Waals surface area contributed by atoms with Gasteiger partial charge in [-0.25, -0.2) is 0 Å². The van der Waals surface area contributed by atoms with Crippen LogP contribution in [0.1, 0.15) is 37.3 Å². The van der Waals surface area contributed by atoms with E-state index in [0.717, 1.165) is 17.5 Å². The molecular weight excluding hydrogens is 364 g/mol. The summed E-state index contributed by atoms with van der Waals surface area (Å²) in [5.74, 6) is 0.699. The maximum atomic E-state index is 12.7. The van der Waals surface area contributed by atoms with Gasteiger partial charge in [0.2, 0.25) is 11.7 Å². The lowest BCUT2D eigenvalue weighted by atomic mass is 10.1. The molecule has 0 spiro atoms. The van der Waals surface area contributed by atoms with Gasteiger partial charge in [0, 0.05) is 25.1 Å². The monoisotopic (exact) mass is 388 g/mol. The molecule has 0 fully saturated rings. The third-order valence-electron chi connectivity index (χ3n) is 4.54. The zero-order valence-corrected chi connectivity index (χ0v) is 16.5. The van der Waals surface area contributed by atoms with E-state index in [1.54, 1.807) is 16.9 Å². The van der Waals surface area contributed by atoms with Gasteiger partial charge in [0.25, 0.3) is 0 Å². The highest BCUT2D eigenvalue weighted by atomic mass is 16.2. The van der Waals surface area contributed by atoms with Crippen LogP contribution in [0.15, 0.2) is 54.6 Å². The third-order valence-corrected chi connectivity index (χ3v) is 4.54. The Balaban J connectivity index is 1.52. The smallest absolute Gasteiger partial charge is 0.222 e. The second-order valence-corrected chi connectivity index (χ2v) is 6.80. The van der Waals surface area contributed by atoms with Crippen LogP contribution < -0.4 is 0 Å². The number of hydrogen-bond acceptors (Lipinski definition) is 5. The van der Waals surface area contributed by atoms with E-state index in [-0.39, 0.29) is 5.91 Å². The van der Waals surface area contributed by atoms with Gasteiger partial charge in [-0.05, 0) is 35.8 Å². The van der Waals surface area contributed by atoms with Gasteiger partial charge in [-0.15, -0.1) is 10.2 Å². The Morgan fingerprint density at radius 1 is 1.14 bits per heavy atom. The zero-order chi connectivity index (χ0) is 20.5. The first-order valence-corrected chi connectivity index (χ1v) is 9.79. The van der Waals surface area contributed by atoms with Crippen molar-refractivity contribution in [3.63, 3.8) is 0 Å². The largest absolute Gasteiger partial charge is 0.338 e. The number of rotatable bonds is 9. The van der Waals surface area contributed by atoms with E-state index in [1.807, 2.05) is 47.4 Å². The third kappa shape index (κ3) is 5.72. The number of carbonyl (C=O) groups excluding carboxylic acids is 1. The molecule has 148 valence electrons. The molecule has 3 rings (SSSR count). The molecule has 0 aliphatic heterocycles. The van der Waals surface area contributed by atoms with Crippen LogP contribution in [-0.4, -0.2) is 37.6 Å². The maximum absolute atomic E-state index is 12.7. The fourth-order valence-electron chi connectivity index (χ4n) is 3.04. The number of amides is 1. The normalized spacial score (nSPS) is 10.5. The number of aryl methyl sites for hydroxylation is 1. The molecule has 1 aromatic heterocycles. The number of nitrogens with zero attached hydrogens (tertiary/aromatic N) is 6. The topological polar surface area (TPSA) is 87.7 Å². The minimum Gasteiger partial charge on any atom is -0.338 e. The van der Waals surface area contributed by atoms with E-state index in [9.17, 15) is 4.79 Å². The average Bonchev–Trinajstić information content (AvgIpc) is 3.23. The fourth-order valence-corrected chi connectivity index (χ4v) is 3.04. The highest BCUT2D eigenvalue weighted by Crippen LogP contribution is 2.13.